The molecule has 1 amide bonds. The average Bonchev–Trinajstić information content (AvgIpc) is 2.92. The molecule has 0 saturated carbocycles. The molecule has 2 aromatic rings. The van der Waals surface area contributed by atoms with E-state index in [9.17, 15) is 4.79 Å². The standard InChI is InChI=1S/C16H21N3O2/c1-4-19-15(9-14(18-19)11(2)3)16(21)17-13-7-5-6-12(8-13)10-20/h5-9,11,20H,4,10H2,1-3H3,(H,17,21). The number of carbonyl (C=O) groups excluding carboxylic acids is 1. The lowest BCUT2D eigenvalue weighted by Crippen LogP contribution is -2.17. The Hall–Kier alpha value is -2.14. The van der Waals surface area contributed by atoms with E-state index in [0.29, 0.717) is 17.9 Å². The number of carbonyl (C=O) groups is 1. The lowest BCUT2D eigenvalue weighted by Gasteiger charge is -2.07. The average molecular weight is 287 g/mol. The van der Waals surface area contributed by atoms with Crippen LogP contribution >= 0.6 is 0 Å². The van der Waals surface area contributed by atoms with Crippen molar-refractivity contribution < 1.29 is 9.90 Å². The lowest BCUT2D eigenvalue weighted by atomic mass is 10.1. The van der Waals surface area contributed by atoms with Crippen LogP contribution in [0.5, 0.6) is 0 Å². The molecule has 0 aliphatic heterocycles. The molecule has 1 heterocycles. The number of aryl methyl sites for hydroxylation is 1. The lowest BCUT2D eigenvalue weighted by molar-refractivity contribution is 0.101. The van der Waals surface area contributed by atoms with Gasteiger partial charge >= 0.3 is 0 Å². The highest BCUT2D eigenvalue weighted by molar-refractivity contribution is 6.03. The summed E-state index contributed by atoms with van der Waals surface area (Å²) in [6.07, 6.45) is 0. The third-order valence-electron chi connectivity index (χ3n) is 3.29. The first-order chi connectivity index (χ1) is 10.0. The molecule has 0 unspecified atom stereocenters. The Bertz CT molecular complexity index is 632. The normalized spacial score (nSPS) is 10.9. The van der Waals surface area contributed by atoms with Gasteiger partial charge in [-0.25, -0.2) is 0 Å². The van der Waals surface area contributed by atoms with Gasteiger partial charge in [0.2, 0.25) is 0 Å². The Kier molecular flexibility index (Phi) is 4.75. The molecule has 2 rings (SSSR count). The van der Waals surface area contributed by atoms with E-state index in [4.69, 9.17) is 5.11 Å². The maximum Gasteiger partial charge on any atom is 0.273 e. The molecule has 0 aliphatic carbocycles. The van der Waals surface area contributed by atoms with E-state index in [1.807, 2.05) is 19.1 Å². The maximum absolute atomic E-state index is 12.4. The molecule has 1 aromatic carbocycles. The summed E-state index contributed by atoms with van der Waals surface area (Å²) >= 11 is 0. The van der Waals surface area contributed by atoms with Crippen LogP contribution in [0, 0.1) is 0 Å². The number of nitrogens with zero attached hydrogens (tertiary/aromatic N) is 2. The van der Waals surface area contributed by atoms with Crippen molar-refractivity contribution in [2.45, 2.75) is 39.8 Å². The van der Waals surface area contributed by atoms with Crippen LogP contribution in [0.3, 0.4) is 0 Å². The van der Waals surface area contributed by atoms with E-state index in [2.05, 4.69) is 24.3 Å². The SMILES string of the molecule is CCn1nc(C(C)C)cc1C(=O)Nc1cccc(CO)c1. The number of anilines is 1. The highest BCUT2D eigenvalue weighted by Gasteiger charge is 2.16. The van der Waals surface area contributed by atoms with Crippen molar-refractivity contribution in [2.75, 3.05) is 5.32 Å². The first-order valence-electron chi connectivity index (χ1n) is 7.14. The zero-order chi connectivity index (χ0) is 15.4. The highest BCUT2D eigenvalue weighted by Crippen LogP contribution is 2.17. The first kappa shape index (κ1) is 15.3. The summed E-state index contributed by atoms with van der Waals surface area (Å²) in [5.41, 5.74) is 2.89. The predicted molar refractivity (Wildman–Crippen MR) is 82.3 cm³/mol. The number of benzene rings is 1. The monoisotopic (exact) mass is 287 g/mol. The molecule has 0 atom stereocenters. The molecular formula is C16H21N3O2. The number of aliphatic hydroxyl groups excluding tert-OH is 1. The third kappa shape index (κ3) is 3.49. The Morgan fingerprint density at radius 1 is 1.38 bits per heavy atom. The summed E-state index contributed by atoms with van der Waals surface area (Å²) < 4.78 is 1.71. The molecule has 2 N–H and O–H groups in total. The Balaban J connectivity index is 2.23. The van der Waals surface area contributed by atoms with Crippen molar-refractivity contribution in [3.63, 3.8) is 0 Å². The number of hydrogen-bond acceptors (Lipinski definition) is 3. The smallest absolute Gasteiger partial charge is 0.273 e. The maximum atomic E-state index is 12.4. The number of aliphatic hydroxyl groups is 1. The van der Waals surface area contributed by atoms with Crippen LogP contribution in [0.2, 0.25) is 0 Å². The van der Waals surface area contributed by atoms with Crippen LogP contribution in [-0.2, 0) is 13.2 Å². The van der Waals surface area contributed by atoms with Gasteiger partial charge in [0, 0.05) is 12.2 Å². The van der Waals surface area contributed by atoms with Crippen LogP contribution in [0.25, 0.3) is 0 Å². The van der Waals surface area contributed by atoms with E-state index in [1.165, 1.54) is 0 Å². The predicted octanol–water partition coefficient (Wildman–Crippen LogP) is 2.77. The van der Waals surface area contributed by atoms with Gasteiger partial charge in [-0.1, -0.05) is 26.0 Å². The molecular weight excluding hydrogens is 266 g/mol. The topological polar surface area (TPSA) is 67.2 Å². The van der Waals surface area contributed by atoms with E-state index >= 15 is 0 Å². The summed E-state index contributed by atoms with van der Waals surface area (Å²) in [5, 5.41) is 16.4. The number of nitrogens with one attached hydrogen (secondary N) is 1. The zero-order valence-corrected chi connectivity index (χ0v) is 12.6. The van der Waals surface area contributed by atoms with Gasteiger partial charge in [-0.05, 0) is 36.6 Å². The molecule has 1 aromatic heterocycles. The van der Waals surface area contributed by atoms with Gasteiger partial charge in [0.05, 0.1) is 12.3 Å². The second-order valence-corrected chi connectivity index (χ2v) is 5.24. The Labute approximate surface area is 124 Å². The molecule has 0 bridgehead atoms. The molecule has 21 heavy (non-hydrogen) atoms. The number of aromatic nitrogens is 2. The fraction of sp³-hybridized carbons (Fsp3) is 0.375. The molecule has 0 spiro atoms. The minimum absolute atomic E-state index is 0.0475. The van der Waals surface area contributed by atoms with Crippen LogP contribution < -0.4 is 5.32 Å². The third-order valence-corrected chi connectivity index (χ3v) is 3.29. The Morgan fingerprint density at radius 3 is 2.76 bits per heavy atom. The van der Waals surface area contributed by atoms with Gasteiger partial charge in [-0.2, -0.15) is 5.10 Å². The summed E-state index contributed by atoms with van der Waals surface area (Å²) in [7, 11) is 0. The summed E-state index contributed by atoms with van der Waals surface area (Å²) in [5.74, 6) is 0.0911. The molecule has 5 nitrogen and oxygen atoms in total. The fourth-order valence-corrected chi connectivity index (χ4v) is 2.09. The van der Waals surface area contributed by atoms with E-state index in [1.54, 1.807) is 22.9 Å². The minimum Gasteiger partial charge on any atom is -0.392 e. The van der Waals surface area contributed by atoms with Gasteiger partial charge in [-0.3, -0.25) is 9.48 Å². The van der Waals surface area contributed by atoms with Crippen molar-refractivity contribution in [2.24, 2.45) is 0 Å². The summed E-state index contributed by atoms with van der Waals surface area (Å²) in [4.78, 5) is 12.4. The minimum atomic E-state index is -0.189. The number of amides is 1. The van der Waals surface area contributed by atoms with Crippen molar-refractivity contribution in [1.29, 1.82) is 0 Å². The molecule has 0 aliphatic rings. The molecule has 112 valence electrons. The quantitative estimate of drug-likeness (QED) is 0.888. The molecule has 0 fully saturated rings. The molecule has 5 heteroatoms. The van der Waals surface area contributed by atoms with Crippen LogP contribution in [0.4, 0.5) is 5.69 Å². The fourth-order valence-electron chi connectivity index (χ4n) is 2.09. The van der Waals surface area contributed by atoms with Crippen molar-refractivity contribution in [1.82, 2.24) is 9.78 Å². The van der Waals surface area contributed by atoms with Crippen molar-refractivity contribution >= 4 is 11.6 Å². The van der Waals surface area contributed by atoms with Crippen LogP contribution in [0.1, 0.15) is 48.4 Å². The van der Waals surface area contributed by atoms with E-state index in [-0.39, 0.29) is 18.4 Å². The number of rotatable bonds is 5. The molecule has 0 radical (unpaired) electrons. The molecule has 0 saturated heterocycles. The van der Waals surface area contributed by atoms with E-state index < -0.39 is 0 Å². The second-order valence-electron chi connectivity index (χ2n) is 5.24. The number of hydrogen-bond donors (Lipinski definition) is 2. The van der Waals surface area contributed by atoms with Gasteiger partial charge in [-0.15, -0.1) is 0 Å². The second kappa shape index (κ2) is 6.54. The van der Waals surface area contributed by atoms with Crippen LogP contribution in [-0.4, -0.2) is 20.8 Å². The first-order valence-corrected chi connectivity index (χ1v) is 7.14. The summed E-state index contributed by atoms with van der Waals surface area (Å²) in [6, 6.07) is 9.00. The Morgan fingerprint density at radius 2 is 2.14 bits per heavy atom. The van der Waals surface area contributed by atoms with Gasteiger partial charge in [0.15, 0.2) is 0 Å². The largest absolute Gasteiger partial charge is 0.392 e. The van der Waals surface area contributed by atoms with Crippen molar-refractivity contribution in [3.8, 4) is 0 Å². The van der Waals surface area contributed by atoms with Crippen LogP contribution in [0.15, 0.2) is 30.3 Å². The summed E-state index contributed by atoms with van der Waals surface area (Å²) in [6.45, 7) is 6.66. The van der Waals surface area contributed by atoms with Gasteiger partial charge < -0.3 is 10.4 Å². The highest BCUT2D eigenvalue weighted by atomic mass is 16.3. The van der Waals surface area contributed by atoms with E-state index in [0.717, 1.165) is 11.3 Å². The zero-order valence-electron chi connectivity index (χ0n) is 12.6. The van der Waals surface area contributed by atoms with Gasteiger partial charge in [0.1, 0.15) is 5.69 Å². The van der Waals surface area contributed by atoms with Crippen molar-refractivity contribution in [3.05, 3.63) is 47.3 Å². The van der Waals surface area contributed by atoms with Gasteiger partial charge in [0.25, 0.3) is 5.91 Å².